The SMILES string of the molecule is Cc1ccc(/C=C/C2=NCCN(C)c3ncccc32)cc1C. The van der Waals surface area contributed by atoms with Crippen LogP contribution in [0.2, 0.25) is 0 Å². The normalized spacial score (nSPS) is 14.7. The van der Waals surface area contributed by atoms with E-state index in [0.717, 1.165) is 30.2 Å². The third kappa shape index (κ3) is 2.93. The Morgan fingerprint density at radius 3 is 2.77 bits per heavy atom. The molecule has 0 spiro atoms. The van der Waals surface area contributed by atoms with E-state index in [1.54, 1.807) is 0 Å². The largest absolute Gasteiger partial charge is 0.357 e. The molecule has 0 unspecified atom stereocenters. The number of hydrogen-bond acceptors (Lipinski definition) is 3. The van der Waals surface area contributed by atoms with E-state index in [2.05, 4.69) is 67.2 Å². The summed E-state index contributed by atoms with van der Waals surface area (Å²) in [6, 6.07) is 10.6. The van der Waals surface area contributed by atoms with Gasteiger partial charge in [-0.15, -0.1) is 0 Å². The van der Waals surface area contributed by atoms with Crippen molar-refractivity contribution < 1.29 is 0 Å². The monoisotopic (exact) mass is 291 g/mol. The van der Waals surface area contributed by atoms with E-state index in [1.165, 1.54) is 16.7 Å². The van der Waals surface area contributed by atoms with E-state index in [-0.39, 0.29) is 0 Å². The highest BCUT2D eigenvalue weighted by Crippen LogP contribution is 2.20. The topological polar surface area (TPSA) is 28.5 Å². The first-order valence-corrected chi connectivity index (χ1v) is 7.61. The Bertz CT molecular complexity index is 744. The molecule has 0 bridgehead atoms. The third-order valence-electron chi connectivity index (χ3n) is 4.11. The van der Waals surface area contributed by atoms with Crippen LogP contribution in [0.3, 0.4) is 0 Å². The molecule has 1 aliphatic rings. The summed E-state index contributed by atoms with van der Waals surface area (Å²) < 4.78 is 0. The molecule has 0 fully saturated rings. The molecule has 0 radical (unpaired) electrons. The number of pyridine rings is 1. The van der Waals surface area contributed by atoms with Crippen molar-refractivity contribution in [3.63, 3.8) is 0 Å². The second-order valence-corrected chi connectivity index (χ2v) is 5.74. The van der Waals surface area contributed by atoms with Gasteiger partial charge in [0.25, 0.3) is 0 Å². The minimum absolute atomic E-state index is 0.791. The molecule has 1 aromatic carbocycles. The lowest BCUT2D eigenvalue weighted by Gasteiger charge is -2.16. The molecule has 0 aliphatic carbocycles. The van der Waals surface area contributed by atoms with Gasteiger partial charge in [-0.25, -0.2) is 4.98 Å². The number of aliphatic imine (C=N–C) groups is 1. The lowest BCUT2D eigenvalue weighted by atomic mass is 10.0. The van der Waals surface area contributed by atoms with Crippen molar-refractivity contribution in [3.8, 4) is 0 Å². The van der Waals surface area contributed by atoms with Gasteiger partial charge in [0.1, 0.15) is 5.82 Å². The summed E-state index contributed by atoms with van der Waals surface area (Å²) in [5.74, 6) is 1.00. The number of fused-ring (bicyclic) bond motifs is 1. The number of likely N-dealkylation sites (N-methyl/N-ethyl adjacent to an activating group) is 1. The van der Waals surface area contributed by atoms with Gasteiger partial charge in [0.05, 0.1) is 12.3 Å². The molecule has 22 heavy (non-hydrogen) atoms. The predicted molar refractivity (Wildman–Crippen MR) is 93.9 cm³/mol. The molecular formula is C19H21N3. The van der Waals surface area contributed by atoms with Crippen molar-refractivity contribution in [1.29, 1.82) is 0 Å². The second-order valence-electron chi connectivity index (χ2n) is 5.74. The molecule has 0 saturated carbocycles. The fraction of sp³-hybridized carbons (Fsp3) is 0.263. The summed E-state index contributed by atoms with van der Waals surface area (Å²) in [6.45, 7) is 5.96. The molecule has 0 N–H and O–H groups in total. The molecule has 1 aromatic heterocycles. The quantitative estimate of drug-likeness (QED) is 0.845. The molecule has 3 nitrogen and oxygen atoms in total. The van der Waals surface area contributed by atoms with Gasteiger partial charge < -0.3 is 4.90 Å². The highest BCUT2D eigenvalue weighted by molar-refractivity contribution is 6.13. The van der Waals surface area contributed by atoms with E-state index in [4.69, 9.17) is 4.99 Å². The Labute approximate surface area is 132 Å². The first kappa shape index (κ1) is 14.5. The molecule has 0 amide bonds. The lowest BCUT2D eigenvalue weighted by molar-refractivity contribution is 0.880. The summed E-state index contributed by atoms with van der Waals surface area (Å²) in [6.07, 6.45) is 6.07. The van der Waals surface area contributed by atoms with Crippen LogP contribution >= 0.6 is 0 Å². The van der Waals surface area contributed by atoms with Gasteiger partial charge in [-0.1, -0.05) is 24.3 Å². The van der Waals surface area contributed by atoms with Crippen LogP contribution in [-0.2, 0) is 0 Å². The molecule has 0 atom stereocenters. The van der Waals surface area contributed by atoms with Crippen LogP contribution in [0, 0.1) is 13.8 Å². The van der Waals surface area contributed by atoms with E-state index >= 15 is 0 Å². The minimum atomic E-state index is 0.791. The number of hydrogen-bond donors (Lipinski definition) is 0. The van der Waals surface area contributed by atoms with E-state index in [1.807, 2.05) is 12.3 Å². The molecule has 1 aliphatic heterocycles. The Morgan fingerprint density at radius 2 is 1.95 bits per heavy atom. The predicted octanol–water partition coefficient (Wildman–Crippen LogP) is 3.65. The Kier molecular flexibility index (Phi) is 4.05. The van der Waals surface area contributed by atoms with Crippen LogP contribution in [0.15, 0.2) is 47.6 Å². The molecular weight excluding hydrogens is 270 g/mol. The van der Waals surface area contributed by atoms with Crippen LogP contribution in [0.5, 0.6) is 0 Å². The van der Waals surface area contributed by atoms with Gasteiger partial charge >= 0.3 is 0 Å². The summed E-state index contributed by atoms with van der Waals surface area (Å²) in [4.78, 5) is 11.4. The minimum Gasteiger partial charge on any atom is -0.357 e. The average Bonchev–Trinajstić information content (AvgIpc) is 2.68. The maximum atomic E-state index is 4.72. The van der Waals surface area contributed by atoms with Crippen molar-refractivity contribution in [2.24, 2.45) is 4.99 Å². The first-order chi connectivity index (χ1) is 10.6. The average molecular weight is 291 g/mol. The molecule has 0 saturated heterocycles. The zero-order valence-electron chi connectivity index (χ0n) is 13.4. The van der Waals surface area contributed by atoms with Gasteiger partial charge in [-0.05, 0) is 48.7 Å². The van der Waals surface area contributed by atoms with Crippen molar-refractivity contribution in [2.45, 2.75) is 13.8 Å². The highest BCUT2D eigenvalue weighted by Gasteiger charge is 2.14. The summed E-state index contributed by atoms with van der Waals surface area (Å²) in [5, 5.41) is 0. The molecule has 112 valence electrons. The zero-order valence-corrected chi connectivity index (χ0v) is 13.4. The van der Waals surface area contributed by atoms with Gasteiger partial charge in [-0.2, -0.15) is 0 Å². The smallest absolute Gasteiger partial charge is 0.137 e. The lowest BCUT2D eigenvalue weighted by Crippen LogP contribution is -2.21. The van der Waals surface area contributed by atoms with Crippen LogP contribution in [0.4, 0.5) is 5.82 Å². The molecule has 3 rings (SSSR count). The second kappa shape index (κ2) is 6.14. The molecule has 3 heteroatoms. The van der Waals surface area contributed by atoms with Crippen molar-refractivity contribution in [1.82, 2.24) is 4.98 Å². The fourth-order valence-corrected chi connectivity index (χ4v) is 2.60. The Hall–Kier alpha value is -2.42. The molecule has 2 heterocycles. The zero-order chi connectivity index (χ0) is 15.5. The standard InChI is InChI=1S/C19H21N3/c1-14-6-7-16(13-15(14)2)8-9-18-17-5-4-10-21-19(17)22(3)12-11-20-18/h4-10,13H,11-12H2,1-3H3/b9-8+. The Balaban J connectivity index is 1.94. The van der Waals surface area contributed by atoms with Crippen LogP contribution in [0.25, 0.3) is 6.08 Å². The van der Waals surface area contributed by atoms with E-state index < -0.39 is 0 Å². The maximum absolute atomic E-state index is 4.72. The number of aromatic nitrogens is 1. The van der Waals surface area contributed by atoms with Crippen LogP contribution in [-0.4, -0.2) is 30.8 Å². The van der Waals surface area contributed by atoms with Crippen molar-refractivity contribution in [2.75, 3.05) is 25.0 Å². The highest BCUT2D eigenvalue weighted by atomic mass is 15.2. The van der Waals surface area contributed by atoms with Gasteiger partial charge in [0, 0.05) is 25.4 Å². The van der Waals surface area contributed by atoms with Gasteiger partial charge in [-0.3, -0.25) is 4.99 Å². The Morgan fingerprint density at radius 1 is 1.09 bits per heavy atom. The fourth-order valence-electron chi connectivity index (χ4n) is 2.60. The summed E-state index contributed by atoms with van der Waals surface area (Å²) in [5.41, 5.74) is 5.94. The van der Waals surface area contributed by atoms with E-state index in [0.29, 0.717) is 0 Å². The molecule has 2 aromatic rings. The number of benzene rings is 1. The van der Waals surface area contributed by atoms with Crippen molar-refractivity contribution >= 4 is 17.6 Å². The first-order valence-electron chi connectivity index (χ1n) is 7.61. The van der Waals surface area contributed by atoms with Crippen LogP contribution in [0.1, 0.15) is 22.3 Å². The number of anilines is 1. The maximum Gasteiger partial charge on any atom is 0.137 e. The van der Waals surface area contributed by atoms with Gasteiger partial charge in [0.2, 0.25) is 0 Å². The number of nitrogens with zero attached hydrogens (tertiary/aromatic N) is 3. The number of aryl methyl sites for hydroxylation is 2. The van der Waals surface area contributed by atoms with Crippen LogP contribution < -0.4 is 4.90 Å². The van der Waals surface area contributed by atoms with E-state index in [9.17, 15) is 0 Å². The number of allylic oxidation sites excluding steroid dienone is 1. The third-order valence-corrected chi connectivity index (χ3v) is 4.11. The number of rotatable bonds is 2. The van der Waals surface area contributed by atoms with Crippen molar-refractivity contribution in [3.05, 3.63) is 64.9 Å². The van der Waals surface area contributed by atoms with Gasteiger partial charge in [0.15, 0.2) is 0 Å². The summed E-state index contributed by atoms with van der Waals surface area (Å²) in [7, 11) is 2.07. The summed E-state index contributed by atoms with van der Waals surface area (Å²) >= 11 is 0.